The Bertz CT molecular complexity index is 567. The smallest absolute Gasteiger partial charge is 0.303 e. The molecule has 0 unspecified atom stereocenters. The predicted molar refractivity (Wildman–Crippen MR) is 86.0 cm³/mol. The molecule has 0 bridgehead atoms. The molecule has 118 valence electrons. The summed E-state index contributed by atoms with van der Waals surface area (Å²) in [7, 11) is 0. The van der Waals surface area contributed by atoms with E-state index in [9.17, 15) is 4.79 Å². The molecule has 5 nitrogen and oxygen atoms in total. The molecule has 2 N–H and O–H groups in total. The van der Waals surface area contributed by atoms with Crippen LogP contribution in [0.5, 0.6) is 0 Å². The molecule has 2 rings (SSSR count). The van der Waals surface area contributed by atoms with Crippen molar-refractivity contribution in [2.75, 3.05) is 6.54 Å². The number of aromatic nitrogens is 2. The summed E-state index contributed by atoms with van der Waals surface area (Å²) in [5.74, 6) is -0.699. The van der Waals surface area contributed by atoms with E-state index in [0.29, 0.717) is 0 Å². The lowest BCUT2D eigenvalue weighted by atomic mass is 10.1. The number of rotatable bonds is 10. The highest BCUT2D eigenvalue weighted by Gasteiger charge is 1.99. The number of hydrogen-bond donors (Lipinski definition) is 2. The maximum atomic E-state index is 10.4. The summed E-state index contributed by atoms with van der Waals surface area (Å²) >= 11 is 0. The van der Waals surface area contributed by atoms with Gasteiger partial charge in [-0.2, -0.15) is 5.10 Å². The van der Waals surface area contributed by atoms with Gasteiger partial charge < -0.3 is 10.4 Å². The van der Waals surface area contributed by atoms with Gasteiger partial charge in [0, 0.05) is 25.4 Å². The van der Waals surface area contributed by atoms with Crippen molar-refractivity contribution in [1.29, 1.82) is 0 Å². The van der Waals surface area contributed by atoms with E-state index in [4.69, 9.17) is 5.11 Å². The van der Waals surface area contributed by atoms with E-state index < -0.39 is 5.97 Å². The molecule has 2 aromatic rings. The first kappa shape index (κ1) is 16.2. The van der Waals surface area contributed by atoms with Crippen LogP contribution in [0.15, 0.2) is 42.7 Å². The summed E-state index contributed by atoms with van der Waals surface area (Å²) in [4.78, 5) is 10.4. The number of aliphatic carboxylic acids is 1. The van der Waals surface area contributed by atoms with Crippen LogP contribution in [-0.4, -0.2) is 27.4 Å². The van der Waals surface area contributed by atoms with E-state index in [0.717, 1.165) is 44.5 Å². The van der Waals surface area contributed by atoms with Gasteiger partial charge in [0.05, 0.1) is 5.69 Å². The molecule has 22 heavy (non-hydrogen) atoms. The van der Waals surface area contributed by atoms with Gasteiger partial charge in [0.1, 0.15) is 0 Å². The number of nitrogens with zero attached hydrogens (tertiary/aromatic N) is 2. The van der Waals surface area contributed by atoms with E-state index >= 15 is 0 Å². The maximum Gasteiger partial charge on any atom is 0.303 e. The third-order valence-electron chi connectivity index (χ3n) is 3.50. The average Bonchev–Trinajstić information content (AvgIpc) is 3.04. The van der Waals surface area contributed by atoms with E-state index in [1.807, 2.05) is 29.1 Å². The molecule has 1 aromatic heterocycles. The zero-order valence-corrected chi connectivity index (χ0v) is 12.7. The molecule has 0 spiro atoms. The number of unbranched alkanes of at least 4 members (excludes halogenated alkanes) is 3. The summed E-state index contributed by atoms with van der Waals surface area (Å²) < 4.78 is 1.85. The highest BCUT2D eigenvalue weighted by atomic mass is 16.4. The number of carbonyl (C=O) groups is 1. The Hall–Kier alpha value is -2.14. The van der Waals surface area contributed by atoms with Crippen LogP contribution >= 0.6 is 0 Å². The van der Waals surface area contributed by atoms with Crippen molar-refractivity contribution in [3.63, 3.8) is 0 Å². The largest absolute Gasteiger partial charge is 0.481 e. The number of nitrogens with one attached hydrogen (secondary N) is 1. The first-order chi connectivity index (χ1) is 10.8. The summed E-state index contributed by atoms with van der Waals surface area (Å²) in [6.45, 7) is 1.79. The molecule has 1 heterocycles. The van der Waals surface area contributed by atoms with Gasteiger partial charge in [0.25, 0.3) is 0 Å². The quantitative estimate of drug-likeness (QED) is 0.662. The minimum atomic E-state index is -0.699. The minimum absolute atomic E-state index is 0.285. The average molecular weight is 301 g/mol. The Balaban J connectivity index is 1.63. The molecule has 0 saturated carbocycles. The topological polar surface area (TPSA) is 67.2 Å². The van der Waals surface area contributed by atoms with E-state index in [2.05, 4.69) is 22.5 Å². The van der Waals surface area contributed by atoms with Crippen LogP contribution in [0.25, 0.3) is 5.69 Å². The van der Waals surface area contributed by atoms with Crippen LogP contribution in [0.4, 0.5) is 0 Å². The second-order valence-corrected chi connectivity index (χ2v) is 5.36. The normalized spacial score (nSPS) is 10.7. The molecule has 0 atom stereocenters. The lowest BCUT2D eigenvalue weighted by molar-refractivity contribution is -0.137. The Morgan fingerprint density at radius 3 is 2.82 bits per heavy atom. The van der Waals surface area contributed by atoms with Crippen molar-refractivity contribution in [2.24, 2.45) is 0 Å². The molecule has 0 aliphatic heterocycles. The number of hydrogen-bond acceptors (Lipinski definition) is 3. The van der Waals surface area contributed by atoms with Crippen molar-refractivity contribution >= 4 is 5.97 Å². The highest BCUT2D eigenvalue weighted by Crippen LogP contribution is 2.09. The standard InChI is InChI=1S/C17H23N3O2/c21-17(22)9-3-1-2-4-10-18-14-15-7-5-8-16(13-15)20-12-6-11-19-20/h5-8,11-13,18H,1-4,9-10,14H2,(H,21,22). The van der Waals surface area contributed by atoms with E-state index in [1.54, 1.807) is 6.20 Å². The second kappa shape index (κ2) is 9.00. The molecule has 0 amide bonds. The number of carboxylic acids is 1. The first-order valence-electron chi connectivity index (χ1n) is 7.77. The molecule has 0 aliphatic carbocycles. The molecule has 5 heteroatoms. The summed E-state index contributed by atoms with van der Waals surface area (Å²) in [5.41, 5.74) is 2.30. The fraction of sp³-hybridized carbons (Fsp3) is 0.412. The van der Waals surface area contributed by atoms with Crippen LogP contribution in [-0.2, 0) is 11.3 Å². The summed E-state index contributed by atoms with van der Waals surface area (Å²) in [6.07, 6.45) is 7.92. The highest BCUT2D eigenvalue weighted by molar-refractivity contribution is 5.66. The van der Waals surface area contributed by atoms with Gasteiger partial charge in [0.2, 0.25) is 0 Å². The zero-order chi connectivity index (χ0) is 15.6. The van der Waals surface area contributed by atoms with Crippen molar-refractivity contribution in [3.8, 4) is 5.69 Å². The number of carboxylic acid groups (broad SMARTS) is 1. The molecule has 0 aliphatic rings. The van der Waals surface area contributed by atoms with Crippen LogP contribution < -0.4 is 5.32 Å². The molecule has 0 saturated heterocycles. The van der Waals surface area contributed by atoms with Gasteiger partial charge in [-0.15, -0.1) is 0 Å². The van der Waals surface area contributed by atoms with Crippen LogP contribution in [0.2, 0.25) is 0 Å². The van der Waals surface area contributed by atoms with Gasteiger partial charge in [0.15, 0.2) is 0 Å². The summed E-state index contributed by atoms with van der Waals surface area (Å²) in [5, 5.41) is 16.2. The van der Waals surface area contributed by atoms with Gasteiger partial charge >= 0.3 is 5.97 Å². The fourth-order valence-corrected chi connectivity index (χ4v) is 2.34. The van der Waals surface area contributed by atoms with Gasteiger partial charge in [-0.05, 0) is 43.1 Å². The second-order valence-electron chi connectivity index (χ2n) is 5.36. The maximum absolute atomic E-state index is 10.4. The lowest BCUT2D eigenvalue weighted by Crippen LogP contribution is -2.14. The lowest BCUT2D eigenvalue weighted by Gasteiger charge is -2.07. The van der Waals surface area contributed by atoms with E-state index in [-0.39, 0.29) is 6.42 Å². The predicted octanol–water partition coefficient (Wildman–Crippen LogP) is 3.00. The fourth-order valence-electron chi connectivity index (χ4n) is 2.34. The van der Waals surface area contributed by atoms with Crippen molar-refractivity contribution in [1.82, 2.24) is 15.1 Å². The monoisotopic (exact) mass is 301 g/mol. The van der Waals surface area contributed by atoms with Crippen LogP contribution in [0.1, 0.15) is 37.7 Å². The van der Waals surface area contributed by atoms with Gasteiger partial charge in [-0.1, -0.05) is 25.0 Å². The van der Waals surface area contributed by atoms with E-state index in [1.165, 1.54) is 5.56 Å². The summed E-state index contributed by atoms with van der Waals surface area (Å²) in [6, 6.07) is 10.2. The Morgan fingerprint density at radius 1 is 1.18 bits per heavy atom. The van der Waals surface area contributed by atoms with Gasteiger partial charge in [-0.3, -0.25) is 4.79 Å². The molecular weight excluding hydrogens is 278 g/mol. The SMILES string of the molecule is O=C(O)CCCCCCNCc1cccc(-n2cccn2)c1. The molecule has 0 fully saturated rings. The molecule has 0 radical (unpaired) electrons. The Kier molecular flexibility index (Phi) is 6.64. The molecular formula is C17H23N3O2. The Morgan fingerprint density at radius 2 is 2.05 bits per heavy atom. The van der Waals surface area contributed by atoms with Crippen molar-refractivity contribution in [3.05, 3.63) is 48.3 Å². The van der Waals surface area contributed by atoms with Crippen molar-refractivity contribution in [2.45, 2.75) is 38.6 Å². The Labute approximate surface area is 131 Å². The third-order valence-corrected chi connectivity index (χ3v) is 3.50. The molecule has 1 aromatic carbocycles. The van der Waals surface area contributed by atoms with Crippen molar-refractivity contribution < 1.29 is 9.90 Å². The first-order valence-corrected chi connectivity index (χ1v) is 7.77. The number of benzene rings is 1. The van der Waals surface area contributed by atoms with Gasteiger partial charge in [-0.25, -0.2) is 4.68 Å². The zero-order valence-electron chi connectivity index (χ0n) is 12.7. The minimum Gasteiger partial charge on any atom is -0.481 e. The third kappa shape index (κ3) is 5.69. The van der Waals surface area contributed by atoms with Crippen LogP contribution in [0, 0.1) is 0 Å². The van der Waals surface area contributed by atoms with Crippen LogP contribution in [0.3, 0.4) is 0 Å².